The van der Waals surface area contributed by atoms with E-state index >= 15 is 0 Å². The molecule has 14 heavy (non-hydrogen) atoms. The molecule has 0 spiro atoms. The lowest BCUT2D eigenvalue weighted by Crippen LogP contribution is -1.95. The maximum atomic E-state index is 9.61. The Morgan fingerprint density at radius 2 is 2.21 bits per heavy atom. The molecule has 0 aromatic heterocycles. The highest BCUT2D eigenvalue weighted by Gasteiger charge is 2.15. The molecule has 1 N–H and O–H groups in total. The summed E-state index contributed by atoms with van der Waals surface area (Å²) < 4.78 is 10.3. The van der Waals surface area contributed by atoms with Gasteiger partial charge in [-0.1, -0.05) is 6.07 Å². The van der Waals surface area contributed by atoms with Gasteiger partial charge >= 0.3 is 0 Å². The summed E-state index contributed by atoms with van der Waals surface area (Å²) >= 11 is 0. The van der Waals surface area contributed by atoms with Gasteiger partial charge in [-0.3, -0.25) is 0 Å². The van der Waals surface area contributed by atoms with Crippen molar-refractivity contribution in [3.63, 3.8) is 0 Å². The summed E-state index contributed by atoms with van der Waals surface area (Å²) in [7, 11) is 0. The number of hydrogen-bond donors (Lipinski definition) is 1. The fourth-order valence-electron chi connectivity index (χ4n) is 1.35. The van der Waals surface area contributed by atoms with Crippen LogP contribution in [0.5, 0.6) is 11.5 Å². The molecule has 1 aromatic rings. The second-order valence-electron chi connectivity index (χ2n) is 3.04. The number of aliphatic hydroxyl groups is 1. The van der Waals surface area contributed by atoms with Crippen molar-refractivity contribution in [2.24, 2.45) is 0 Å². The van der Waals surface area contributed by atoms with E-state index < -0.39 is 6.10 Å². The van der Waals surface area contributed by atoms with Crippen molar-refractivity contribution in [3.05, 3.63) is 23.8 Å². The zero-order valence-corrected chi connectivity index (χ0v) is 7.56. The van der Waals surface area contributed by atoms with Crippen LogP contribution in [0.15, 0.2) is 18.2 Å². The van der Waals surface area contributed by atoms with Gasteiger partial charge in [-0.2, -0.15) is 0 Å². The number of benzene rings is 1. The minimum Gasteiger partial charge on any atom is -0.454 e. The Labute approximate surface area is 82.3 Å². The van der Waals surface area contributed by atoms with Crippen molar-refractivity contribution in [2.45, 2.75) is 12.5 Å². The Kier molecular flexibility index (Phi) is 2.30. The zero-order valence-electron chi connectivity index (χ0n) is 7.56. The number of ether oxygens (including phenoxy) is 2. The minimum absolute atomic E-state index is 0.240. The van der Waals surface area contributed by atoms with E-state index in [4.69, 9.17) is 15.9 Å². The Hall–Kier alpha value is -1.66. The predicted molar refractivity (Wildman–Crippen MR) is 51.0 cm³/mol. The van der Waals surface area contributed by atoms with E-state index in [1.807, 2.05) is 0 Å². The normalized spacial score (nSPS) is 14.9. The Balaban J connectivity index is 2.25. The molecule has 1 heterocycles. The van der Waals surface area contributed by atoms with Gasteiger partial charge in [-0.25, -0.2) is 0 Å². The van der Waals surface area contributed by atoms with Gasteiger partial charge in [0, 0.05) is 6.42 Å². The lowest BCUT2D eigenvalue weighted by atomic mass is 10.1. The van der Waals surface area contributed by atoms with E-state index in [9.17, 15) is 5.11 Å². The Morgan fingerprint density at radius 3 is 3.00 bits per heavy atom. The Bertz CT molecular complexity index is 379. The van der Waals surface area contributed by atoms with Crippen molar-refractivity contribution < 1.29 is 14.6 Å². The van der Waals surface area contributed by atoms with Gasteiger partial charge < -0.3 is 14.6 Å². The van der Waals surface area contributed by atoms with Gasteiger partial charge in [0.2, 0.25) is 6.79 Å². The van der Waals surface area contributed by atoms with Gasteiger partial charge in [-0.15, -0.1) is 12.3 Å². The van der Waals surface area contributed by atoms with Gasteiger partial charge in [0.1, 0.15) is 0 Å². The first-order valence-electron chi connectivity index (χ1n) is 4.32. The number of hydrogen-bond acceptors (Lipinski definition) is 3. The second kappa shape index (κ2) is 3.60. The molecule has 1 unspecified atom stereocenters. The molecule has 1 aliphatic rings. The van der Waals surface area contributed by atoms with E-state index in [2.05, 4.69) is 5.92 Å². The highest BCUT2D eigenvalue weighted by atomic mass is 16.7. The molecule has 1 atom stereocenters. The SMILES string of the molecule is C#CCC(O)c1ccc2c(c1)OCO2. The molecule has 72 valence electrons. The molecule has 0 fully saturated rings. The average Bonchev–Trinajstić information content (AvgIpc) is 2.64. The molecule has 1 aliphatic heterocycles. The number of fused-ring (bicyclic) bond motifs is 1. The van der Waals surface area contributed by atoms with E-state index in [1.54, 1.807) is 18.2 Å². The van der Waals surface area contributed by atoms with Crippen molar-refractivity contribution >= 4 is 0 Å². The molecular weight excluding hydrogens is 180 g/mol. The highest BCUT2D eigenvalue weighted by Crippen LogP contribution is 2.34. The second-order valence-corrected chi connectivity index (χ2v) is 3.04. The Morgan fingerprint density at radius 1 is 1.43 bits per heavy atom. The number of rotatable bonds is 2. The zero-order chi connectivity index (χ0) is 9.97. The molecule has 3 nitrogen and oxygen atoms in total. The third-order valence-electron chi connectivity index (χ3n) is 2.09. The van der Waals surface area contributed by atoms with E-state index in [0.717, 1.165) is 5.56 Å². The fraction of sp³-hybridized carbons (Fsp3) is 0.273. The van der Waals surface area contributed by atoms with Crippen LogP contribution < -0.4 is 9.47 Å². The minimum atomic E-state index is -0.630. The summed E-state index contributed by atoms with van der Waals surface area (Å²) in [6.07, 6.45) is 4.79. The van der Waals surface area contributed by atoms with E-state index in [1.165, 1.54) is 0 Å². The quantitative estimate of drug-likeness (QED) is 0.718. The molecule has 0 radical (unpaired) electrons. The average molecular weight is 190 g/mol. The summed E-state index contributed by atoms with van der Waals surface area (Å²) in [5.74, 6) is 3.79. The van der Waals surface area contributed by atoms with Crippen molar-refractivity contribution in [2.75, 3.05) is 6.79 Å². The van der Waals surface area contributed by atoms with Crippen molar-refractivity contribution in [3.8, 4) is 23.8 Å². The molecule has 3 heteroatoms. The smallest absolute Gasteiger partial charge is 0.231 e. The summed E-state index contributed by atoms with van der Waals surface area (Å²) in [5, 5.41) is 9.61. The van der Waals surface area contributed by atoms with Crippen molar-refractivity contribution in [1.29, 1.82) is 0 Å². The first-order chi connectivity index (χ1) is 6.81. The molecule has 0 aliphatic carbocycles. The lowest BCUT2D eigenvalue weighted by Gasteiger charge is -2.07. The lowest BCUT2D eigenvalue weighted by molar-refractivity contribution is 0.172. The standard InChI is InChI=1S/C11H10O3/c1-2-3-9(12)8-4-5-10-11(6-8)14-7-13-10/h1,4-6,9,12H,3,7H2. The summed E-state index contributed by atoms with van der Waals surface area (Å²) in [4.78, 5) is 0. The third-order valence-corrected chi connectivity index (χ3v) is 2.09. The predicted octanol–water partition coefficient (Wildman–Crippen LogP) is 1.47. The summed E-state index contributed by atoms with van der Waals surface area (Å²) in [6, 6.07) is 5.32. The van der Waals surface area contributed by atoms with Crippen LogP contribution in [0, 0.1) is 12.3 Å². The molecule has 0 saturated heterocycles. The van der Waals surface area contributed by atoms with Crippen LogP contribution in [0.3, 0.4) is 0 Å². The van der Waals surface area contributed by atoms with Gasteiger partial charge in [0.25, 0.3) is 0 Å². The van der Waals surface area contributed by atoms with Crippen LogP contribution in [0.2, 0.25) is 0 Å². The van der Waals surface area contributed by atoms with Crippen LogP contribution in [0.25, 0.3) is 0 Å². The highest BCUT2D eigenvalue weighted by molar-refractivity contribution is 5.45. The van der Waals surface area contributed by atoms with Crippen LogP contribution >= 0.6 is 0 Å². The summed E-state index contributed by atoms with van der Waals surface area (Å²) in [6.45, 7) is 0.240. The molecule has 2 rings (SSSR count). The molecule has 0 saturated carbocycles. The largest absolute Gasteiger partial charge is 0.454 e. The monoisotopic (exact) mass is 190 g/mol. The molecular formula is C11H10O3. The first kappa shape index (κ1) is 8.92. The van der Waals surface area contributed by atoms with Crippen molar-refractivity contribution in [1.82, 2.24) is 0 Å². The van der Waals surface area contributed by atoms with E-state index in [0.29, 0.717) is 17.9 Å². The molecule has 0 amide bonds. The van der Waals surface area contributed by atoms with Gasteiger partial charge in [-0.05, 0) is 17.7 Å². The summed E-state index contributed by atoms with van der Waals surface area (Å²) in [5.41, 5.74) is 0.757. The fourth-order valence-corrected chi connectivity index (χ4v) is 1.35. The number of terminal acetylenes is 1. The van der Waals surface area contributed by atoms with Gasteiger partial charge in [0.05, 0.1) is 6.10 Å². The first-order valence-corrected chi connectivity index (χ1v) is 4.32. The maximum absolute atomic E-state index is 9.61. The molecule has 1 aromatic carbocycles. The van der Waals surface area contributed by atoms with Crippen LogP contribution in [-0.2, 0) is 0 Å². The van der Waals surface area contributed by atoms with Crippen LogP contribution in [-0.4, -0.2) is 11.9 Å². The number of aliphatic hydroxyl groups excluding tert-OH is 1. The van der Waals surface area contributed by atoms with E-state index in [-0.39, 0.29) is 6.79 Å². The van der Waals surface area contributed by atoms with Gasteiger partial charge in [0.15, 0.2) is 11.5 Å². The van der Waals surface area contributed by atoms with Crippen LogP contribution in [0.1, 0.15) is 18.1 Å². The third kappa shape index (κ3) is 1.52. The maximum Gasteiger partial charge on any atom is 0.231 e. The van der Waals surface area contributed by atoms with Crippen LogP contribution in [0.4, 0.5) is 0 Å². The molecule has 0 bridgehead atoms. The topological polar surface area (TPSA) is 38.7 Å².